The molecule has 10 heteroatoms. The molecule has 0 aliphatic carbocycles. The van der Waals surface area contributed by atoms with Crippen molar-refractivity contribution in [3.8, 4) is 0 Å². The van der Waals surface area contributed by atoms with Crippen molar-refractivity contribution < 1.29 is 9.59 Å². The molecule has 1 N–H and O–H groups in total. The van der Waals surface area contributed by atoms with Crippen molar-refractivity contribution in [2.24, 2.45) is 0 Å². The Kier molecular flexibility index (Phi) is 6.60. The van der Waals surface area contributed by atoms with Gasteiger partial charge in [0, 0.05) is 49.1 Å². The van der Waals surface area contributed by atoms with Crippen LogP contribution in [-0.4, -0.2) is 82.5 Å². The number of piperazine rings is 1. The topological polar surface area (TPSA) is 86.6 Å². The minimum atomic E-state index is -0.665. The van der Waals surface area contributed by atoms with E-state index in [2.05, 4.69) is 43.4 Å². The molecule has 3 aliphatic heterocycles. The highest BCUT2D eigenvalue weighted by Gasteiger charge is 2.33. The molecule has 3 aliphatic rings. The number of anilines is 2. The van der Waals surface area contributed by atoms with Crippen LogP contribution in [0.15, 0.2) is 59.8 Å². The highest BCUT2D eigenvalue weighted by Crippen LogP contribution is 2.37. The predicted octanol–water partition coefficient (Wildman–Crippen LogP) is 2.48. The summed E-state index contributed by atoms with van der Waals surface area (Å²) >= 11 is 1.59. The van der Waals surface area contributed by atoms with Gasteiger partial charge in [0.05, 0.1) is 12.2 Å². The van der Waals surface area contributed by atoms with Gasteiger partial charge >= 0.3 is 0 Å². The van der Waals surface area contributed by atoms with Crippen LogP contribution in [0.3, 0.4) is 0 Å². The van der Waals surface area contributed by atoms with E-state index in [4.69, 9.17) is 0 Å². The van der Waals surface area contributed by atoms with E-state index in [1.165, 1.54) is 19.4 Å². The summed E-state index contributed by atoms with van der Waals surface area (Å²) in [5.74, 6) is -0.0694. The van der Waals surface area contributed by atoms with E-state index in [0.29, 0.717) is 18.3 Å². The molecule has 2 atom stereocenters. The molecule has 192 valence electrons. The third kappa shape index (κ3) is 4.95. The zero-order chi connectivity index (χ0) is 25.4. The molecular weight excluding hydrogens is 486 g/mol. The predicted molar refractivity (Wildman–Crippen MR) is 144 cm³/mol. The maximum absolute atomic E-state index is 13.4. The van der Waals surface area contributed by atoms with Gasteiger partial charge in [-0.1, -0.05) is 30.3 Å². The van der Waals surface area contributed by atoms with Gasteiger partial charge in [-0.15, -0.1) is 16.9 Å². The summed E-state index contributed by atoms with van der Waals surface area (Å²) in [5, 5.41) is 7.18. The number of rotatable bonds is 5. The first kappa shape index (κ1) is 24.0. The number of fused-ring (bicyclic) bond motifs is 2. The van der Waals surface area contributed by atoms with Crippen LogP contribution in [0, 0.1) is 0 Å². The average Bonchev–Trinajstić information content (AvgIpc) is 3.57. The van der Waals surface area contributed by atoms with Crippen molar-refractivity contribution in [2.45, 2.75) is 36.4 Å². The summed E-state index contributed by atoms with van der Waals surface area (Å²) in [7, 11) is 1.79. The van der Waals surface area contributed by atoms with E-state index in [9.17, 15) is 9.59 Å². The highest BCUT2D eigenvalue weighted by molar-refractivity contribution is 7.99. The third-order valence-corrected chi connectivity index (χ3v) is 8.68. The summed E-state index contributed by atoms with van der Waals surface area (Å²) in [5.41, 5.74) is 3.11. The standard InChI is InChI=1S/C27H31N7O2S/c1-31-23-14-20(33-13-12-32-11-5-8-21(32)16-33)9-10-24(23)37-17-22(27(31)36)29-26(35)25-28-18-34(30-25)15-19-6-3-2-4-7-19/h2-4,6-7,9-10,14,18,21-22H,5,8,11-13,15-17H2,1H3,(H,29,35)/t21-,22+/m1/s1. The Balaban J connectivity index is 1.13. The van der Waals surface area contributed by atoms with Gasteiger partial charge in [0.15, 0.2) is 0 Å². The second kappa shape index (κ2) is 10.2. The van der Waals surface area contributed by atoms with Gasteiger partial charge in [-0.3, -0.25) is 14.5 Å². The van der Waals surface area contributed by atoms with Crippen LogP contribution < -0.4 is 15.1 Å². The first-order chi connectivity index (χ1) is 18.0. The van der Waals surface area contributed by atoms with Gasteiger partial charge in [-0.05, 0) is 43.1 Å². The quantitative estimate of drug-likeness (QED) is 0.557. The molecule has 0 radical (unpaired) electrons. The molecule has 2 saturated heterocycles. The third-order valence-electron chi connectivity index (χ3n) is 7.52. The highest BCUT2D eigenvalue weighted by atomic mass is 32.2. The summed E-state index contributed by atoms with van der Waals surface area (Å²) in [4.78, 5) is 38.2. The molecule has 0 unspecified atom stereocenters. The molecule has 0 saturated carbocycles. The number of hydrogen-bond acceptors (Lipinski definition) is 7. The van der Waals surface area contributed by atoms with Crippen LogP contribution in [0.5, 0.6) is 0 Å². The molecule has 2 amide bonds. The molecule has 37 heavy (non-hydrogen) atoms. The molecule has 9 nitrogen and oxygen atoms in total. The summed E-state index contributed by atoms with van der Waals surface area (Å²) in [6.07, 6.45) is 4.09. The lowest BCUT2D eigenvalue weighted by Gasteiger charge is -2.39. The Hall–Kier alpha value is -3.37. The van der Waals surface area contributed by atoms with E-state index in [0.717, 1.165) is 41.5 Å². The zero-order valence-electron chi connectivity index (χ0n) is 20.9. The maximum atomic E-state index is 13.4. The van der Waals surface area contributed by atoms with E-state index in [-0.39, 0.29) is 11.7 Å². The molecule has 0 spiro atoms. The SMILES string of the molecule is CN1C(=O)[C@@H](NC(=O)c2ncn(Cc3ccccc3)n2)CSc2ccc(N3CCN4CCC[C@@H]4C3)cc21. The number of thioether (sulfide) groups is 1. The Bertz CT molecular complexity index is 1300. The second-order valence-electron chi connectivity index (χ2n) is 9.92. The number of nitrogens with zero attached hydrogens (tertiary/aromatic N) is 6. The number of hydrogen-bond donors (Lipinski definition) is 1. The van der Waals surface area contributed by atoms with Crippen LogP contribution in [0.2, 0.25) is 0 Å². The molecule has 1 aromatic heterocycles. The van der Waals surface area contributed by atoms with E-state index < -0.39 is 11.9 Å². The zero-order valence-corrected chi connectivity index (χ0v) is 21.7. The molecule has 4 heterocycles. The number of likely N-dealkylation sites (N-methyl/N-ethyl adjacent to an activating group) is 1. The van der Waals surface area contributed by atoms with Crippen molar-refractivity contribution in [1.29, 1.82) is 0 Å². The monoisotopic (exact) mass is 517 g/mol. The van der Waals surface area contributed by atoms with Crippen LogP contribution in [0.25, 0.3) is 0 Å². The van der Waals surface area contributed by atoms with Crippen molar-refractivity contribution in [2.75, 3.05) is 48.8 Å². The molecule has 3 aromatic rings. The lowest BCUT2D eigenvalue weighted by molar-refractivity contribution is -0.119. The molecule has 0 bridgehead atoms. The Morgan fingerprint density at radius 1 is 1.14 bits per heavy atom. The van der Waals surface area contributed by atoms with Crippen LogP contribution in [0.4, 0.5) is 11.4 Å². The number of aromatic nitrogens is 3. The largest absolute Gasteiger partial charge is 0.369 e. The summed E-state index contributed by atoms with van der Waals surface area (Å²) < 4.78 is 1.63. The van der Waals surface area contributed by atoms with Crippen LogP contribution in [-0.2, 0) is 11.3 Å². The van der Waals surface area contributed by atoms with Crippen molar-refractivity contribution >= 4 is 35.0 Å². The molecule has 2 fully saturated rings. The maximum Gasteiger partial charge on any atom is 0.291 e. The summed E-state index contributed by atoms with van der Waals surface area (Å²) in [6, 6.07) is 16.2. The number of benzene rings is 2. The Morgan fingerprint density at radius 2 is 2.00 bits per heavy atom. The van der Waals surface area contributed by atoms with Gasteiger partial charge in [-0.2, -0.15) is 0 Å². The summed E-state index contributed by atoms with van der Waals surface area (Å²) in [6.45, 7) is 4.87. The van der Waals surface area contributed by atoms with Crippen molar-refractivity contribution in [1.82, 2.24) is 25.0 Å². The van der Waals surface area contributed by atoms with E-state index >= 15 is 0 Å². The van der Waals surface area contributed by atoms with Gasteiger partial charge in [-0.25, -0.2) is 9.67 Å². The van der Waals surface area contributed by atoms with Crippen molar-refractivity contribution in [3.05, 3.63) is 66.2 Å². The minimum absolute atomic E-state index is 0.0616. The fraction of sp³-hybridized carbons (Fsp3) is 0.407. The average molecular weight is 518 g/mol. The number of nitrogens with one attached hydrogen (secondary N) is 1. The lowest BCUT2D eigenvalue weighted by Crippen LogP contribution is -2.50. The van der Waals surface area contributed by atoms with Crippen LogP contribution >= 0.6 is 11.8 Å². The smallest absolute Gasteiger partial charge is 0.291 e. The first-order valence-electron chi connectivity index (χ1n) is 12.8. The molecular formula is C27H31N7O2S. The number of carbonyl (C=O) groups excluding carboxylic acids is 2. The Labute approximate surface area is 220 Å². The second-order valence-corrected chi connectivity index (χ2v) is 11.0. The Morgan fingerprint density at radius 3 is 2.86 bits per heavy atom. The molecule has 6 rings (SSSR count). The fourth-order valence-corrected chi connectivity index (χ4v) is 6.56. The normalized spacial score (nSPS) is 21.9. The van der Waals surface area contributed by atoms with Crippen molar-refractivity contribution in [3.63, 3.8) is 0 Å². The number of amides is 2. The van der Waals surface area contributed by atoms with Gasteiger partial charge in [0.1, 0.15) is 12.4 Å². The number of carbonyl (C=O) groups is 2. The van der Waals surface area contributed by atoms with Crippen LogP contribution in [0.1, 0.15) is 29.0 Å². The lowest BCUT2D eigenvalue weighted by atomic mass is 10.1. The fourth-order valence-electron chi connectivity index (χ4n) is 5.48. The van der Waals surface area contributed by atoms with E-state index in [1.807, 2.05) is 30.3 Å². The van der Waals surface area contributed by atoms with E-state index in [1.54, 1.807) is 34.7 Å². The minimum Gasteiger partial charge on any atom is -0.369 e. The molecule has 2 aromatic carbocycles. The van der Waals surface area contributed by atoms with Gasteiger partial charge in [0.2, 0.25) is 11.7 Å². The van der Waals surface area contributed by atoms with Gasteiger partial charge < -0.3 is 15.1 Å². The van der Waals surface area contributed by atoms with Gasteiger partial charge in [0.25, 0.3) is 5.91 Å². The first-order valence-corrected chi connectivity index (χ1v) is 13.8.